The van der Waals surface area contributed by atoms with Crippen LogP contribution in [0.3, 0.4) is 0 Å². The van der Waals surface area contributed by atoms with E-state index in [9.17, 15) is 9.59 Å². The van der Waals surface area contributed by atoms with Crippen LogP contribution in [-0.2, 0) is 16.1 Å². The fraction of sp³-hybridized carbons (Fsp3) is 0.222. The van der Waals surface area contributed by atoms with Crippen molar-refractivity contribution in [3.8, 4) is 17.2 Å². The summed E-state index contributed by atoms with van der Waals surface area (Å²) in [4.78, 5) is 23.8. The van der Waals surface area contributed by atoms with Crippen LogP contribution in [0.2, 0.25) is 0 Å². The monoisotopic (exact) mass is 343 g/mol. The Bertz CT molecular complexity index is 772. The van der Waals surface area contributed by atoms with Gasteiger partial charge < -0.3 is 24.3 Å². The summed E-state index contributed by atoms with van der Waals surface area (Å²) in [7, 11) is 1.59. The largest absolute Gasteiger partial charge is 0.497 e. The van der Waals surface area contributed by atoms with E-state index in [2.05, 4.69) is 5.32 Å². The zero-order valence-electron chi connectivity index (χ0n) is 13.6. The summed E-state index contributed by atoms with van der Waals surface area (Å²) in [5, 5.41) is 2.68. The minimum atomic E-state index is -0.599. The molecule has 2 aromatic rings. The van der Waals surface area contributed by atoms with Crippen LogP contribution >= 0.6 is 0 Å². The van der Waals surface area contributed by atoms with Gasteiger partial charge in [0.25, 0.3) is 5.91 Å². The molecule has 3 rings (SSSR count). The normalized spacial score (nSPS) is 11.7. The lowest BCUT2D eigenvalue weighted by atomic mass is 10.2. The zero-order valence-corrected chi connectivity index (χ0v) is 13.6. The molecule has 7 heteroatoms. The van der Waals surface area contributed by atoms with Gasteiger partial charge in [0.1, 0.15) is 5.75 Å². The van der Waals surface area contributed by atoms with Gasteiger partial charge in [0.15, 0.2) is 18.1 Å². The number of amides is 1. The molecule has 0 saturated carbocycles. The number of carbonyl (C=O) groups is 2. The summed E-state index contributed by atoms with van der Waals surface area (Å²) >= 11 is 0. The molecule has 1 aliphatic rings. The summed E-state index contributed by atoms with van der Waals surface area (Å²) in [6, 6.07) is 12.0. The highest BCUT2D eigenvalue weighted by Crippen LogP contribution is 2.32. The average molecular weight is 343 g/mol. The van der Waals surface area contributed by atoms with E-state index in [0.717, 1.165) is 11.3 Å². The van der Waals surface area contributed by atoms with E-state index >= 15 is 0 Å². The van der Waals surface area contributed by atoms with E-state index in [1.165, 1.54) is 6.07 Å². The maximum Gasteiger partial charge on any atom is 0.338 e. The van der Waals surface area contributed by atoms with Gasteiger partial charge in [-0.1, -0.05) is 12.1 Å². The molecule has 1 amide bonds. The zero-order chi connectivity index (χ0) is 17.6. The lowest BCUT2D eigenvalue weighted by Gasteiger charge is -2.08. The molecule has 0 unspecified atom stereocenters. The van der Waals surface area contributed by atoms with E-state index in [1.807, 2.05) is 12.1 Å². The molecular weight excluding hydrogens is 326 g/mol. The van der Waals surface area contributed by atoms with Crippen LogP contribution in [-0.4, -0.2) is 32.4 Å². The van der Waals surface area contributed by atoms with E-state index < -0.39 is 5.97 Å². The Morgan fingerprint density at radius 1 is 1.08 bits per heavy atom. The van der Waals surface area contributed by atoms with Gasteiger partial charge in [0.05, 0.1) is 12.7 Å². The predicted octanol–water partition coefficient (Wildman–Crippen LogP) is 1.90. The highest BCUT2D eigenvalue weighted by molar-refractivity contribution is 5.92. The Morgan fingerprint density at radius 2 is 1.84 bits per heavy atom. The molecule has 130 valence electrons. The SMILES string of the molecule is COc1ccc(CNC(=O)COC(=O)c2ccc3c(c2)OCO3)cc1. The van der Waals surface area contributed by atoms with Crippen molar-refractivity contribution in [2.45, 2.75) is 6.54 Å². The molecular formula is C18H17NO6. The van der Waals surface area contributed by atoms with Gasteiger partial charge in [-0.25, -0.2) is 4.79 Å². The van der Waals surface area contributed by atoms with Crippen molar-refractivity contribution in [3.63, 3.8) is 0 Å². The smallest absolute Gasteiger partial charge is 0.338 e. The second-order valence-corrected chi connectivity index (χ2v) is 5.27. The van der Waals surface area contributed by atoms with Crippen molar-refractivity contribution in [2.75, 3.05) is 20.5 Å². The summed E-state index contributed by atoms with van der Waals surface area (Å²) < 4.78 is 20.4. The fourth-order valence-corrected chi connectivity index (χ4v) is 2.23. The molecule has 2 aromatic carbocycles. The Hall–Kier alpha value is -3.22. The van der Waals surface area contributed by atoms with E-state index in [-0.39, 0.29) is 19.3 Å². The second kappa shape index (κ2) is 7.57. The first-order valence-electron chi connectivity index (χ1n) is 7.62. The quantitative estimate of drug-likeness (QED) is 0.807. The number of carbonyl (C=O) groups excluding carboxylic acids is 2. The van der Waals surface area contributed by atoms with Crippen molar-refractivity contribution in [1.82, 2.24) is 5.32 Å². The Kier molecular flexibility index (Phi) is 5.03. The third-order valence-corrected chi connectivity index (χ3v) is 3.59. The van der Waals surface area contributed by atoms with Gasteiger partial charge in [-0.15, -0.1) is 0 Å². The lowest BCUT2D eigenvalue weighted by Crippen LogP contribution is -2.28. The Balaban J connectivity index is 1.46. The van der Waals surface area contributed by atoms with Crippen LogP contribution in [0.25, 0.3) is 0 Å². The number of fused-ring (bicyclic) bond motifs is 1. The molecule has 0 fully saturated rings. The topological polar surface area (TPSA) is 83.1 Å². The van der Waals surface area contributed by atoms with Crippen LogP contribution in [0.1, 0.15) is 15.9 Å². The maximum atomic E-state index is 12.0. The molecule has 0 radical (unpaired) electrons. The van der Waals surface area contributed by atoms with E-state index in [0.29, 0.717) is 23.6 Å². The van der Waals surface area contributed by atoms with Gasteiger partial charge in [0, 0.05) is 6.54 Å². The van der Waals surface area contributed by atoms with Gasteiger partial charge in [-0.05, 0) is 35.9 Å². The summed E-state index contributed by atoms with van der Waals surface area (Å²) in [6.45, 7) is 0.107. The van der Waals surface area contributed by atoms with E-state index in [4.69, 9.17) is 18.9 Å². The van der Waals surface area contributed by atoms with Gasteiger partial charge in [0.2, 0.25) is 6.79 Å². The third-order valence-electron chi connectivity index (χ3n) is 3.59. The van der Waals surface area contributed by atoms with Crippen LogP contribution in [0.15, 0.2) is 42.5 Å². The highest BCUT2D eigenvalue weighted by Gasteiger charge is 2.17. The first-order valence-corrected chi connectivity index (χ1v) is 7.62. The molecule has 0 atom stereocenters. The van der Waals surface area contributed by atoms with Crippen LogP contribution in [0.5, 0.6) is 17.2 Å². The molecule has 1 aliphatic heterocycles. The van der Waals surface area contributed by atoms with Crippen molar-refractivity contribution < 1.29 is 28.5 Å². The van der Waals surface area contributed by atoms with E-state index in [1.54, 1.807) is 31.4 Å². The second-order valence-electron chi connectivity index (χ2n) is 5.27. The highest BCUT2D eigenvalue weighted by atomic mass is 16.7. The Morgan fingerprint density at radius 3 is 2.60 bits per heavy atom. The summed E-state index contributed by atoms with van der Waals surface area (Å²) in [6.07, 6.45) is 0. The number of esters is 1. The average Bonchev–Trinajstić information content (AvgIpc) is 3.12. The van der Waals surface area contributed by atoms with Gasteiger partial charge >= 0.3 is 5.97 Å². The predicted molar refractivity (Wildman–Crippen MR) is 87.7 cm³/mol. The minimum Gasteiger partial charge on any atom is -0.497 e. The number of rotatable bonds is 6. The standard InChI is InChI=1S/C18H17NO6/c1-22-14-5-2-12(3-6-14)9-19-17(20)10-23-18(21)13-4-7-15-16(8-13)25-11-24-15/h2-8H,9-11H2,1H3,(H,19,20). The van der Waals surface area contributed by atoms with Crippen molar-refractivity contribution >= 4 is 11.9 Å². The molecule has 25 heavy (non-hydrogen) atoms. The number of hydrogen-bond acceptors (Lipinski definition) is 6. The van der Waals surface area contributed by atoms with Gasteiger partial charge in [-0.2, -0.15) is 0 Å². The lowest BCUT2D eigenvalue weighted by molar-refractivity contribution is -0.124. The molecule has 1 N–H and O–H groups in total. The van der Waals surface area contributed by atoms with Gasteiger partial charge in [-0.3, -0.25) is 4.79 Å². The Labute approximate surface area is 144 Å². The van der Waals surface area contributed by atoms with Crippen LogP contribution in [0, 0.1) is 0 Å². The number of nitrogens with one attached hydrogen (secondary N) is 1. The minimum absolute atomic E-state index is 0.127. The molecule has 0 saturated heterocycles. The number of ether oxygens (including phenoxy) is 4. The molecule has 7 nitrogen and oxygen atoms in total. The maximum absolute atomic E-state index is 12.0. The van der Waals surface area contributed by atoms with Crippen molar-refractivity contribution in [2.24, 2.45) is 0 Å². The molecule has 0 aromatic heterocycles. The summed E-state index contributed by atoms with van der Waals surface area (Å²) in [5.74, 6) is 0.822. The molecule has 0 spiro atoms. The molecule has 1 heterocycles. The first kappa shape index (κ1) is 16.6. The number of benzene rings is 2. The summed E-state index contributed by atoms with van der Waals surface area (Å²) in [5.41, 5.74) is 1.21. The number of methoxy groups -OCH3 is 1. The van der Waals surface area contributed by atoms with Crippen molar-refractivity contribution in [1.29, 1.82) is 0 Å². The van der Waals surface area contributed by atoms with Crippen LogP contribution in [0.4, 0.5) is 0 Å². The van der Waals surface area contributed by atoms with Crippen molar-refractivity contribution in [3.05, 3.63) is 53.6 Å². The number of hydrogen-bond donors (Lipinski definition) is 1. The van der Waals surface area contributed by atoms with Crippen LogP contribution < -0.4 is 19.5 Å². The molecule has 0 bridgehead atoms. The first-order chi connectivity index (χ1) is 12.2. The third kappa shape index (κ3) is 4.20. The fourth-order valence-electron chi connectivity index (χ4n) is 2.23. The molecule has 0 aliphatic carbocycles.